The summed E-state index contributed by atoms with van der Waals surface area (Å²) in [6.45, 7) is 2.84. The zero-order chi connectivity index (χ0) is 20.7. The first kappa shape index (κ1) is 21.0. The average molecular weight is 394 g/mol. The summed E-state index contributed by atoms with van der Waals surface area (Å²) in [5.74, 6) is -0.565. The van der Waals surface area contributed by atoms with Crippen LogP contribution in [0, 0.1) is 5.82 Å². The van der Waals surface area contributed by atoms with Gasteiger partial charge in [-0.05, 0) is 36.1 Å². The smallest absolute Gasteiger partial charge is 0.307 e. The molecule has 2 aromatic carbocycles. The van der Waals surface area contributed by atoms with Crippen LogP contribution in [-0.4, -0.2) is 23.5 Å². The van der Waals surface area contributed by atoms with Crippen molar-refractivity contribution >= 4 is 5.97 Å². The number of methoxy groups -OCH3 is 1. The maximum absolute atomic E-state index is 13.6. The maximum atomic E-state index is 13.6. The summed E-state index contributed by atoms with van der Waals surface area (Å²) in [6.07, 6.45) is 10.5. The van der Waals surface area contributed by atoms with Gasteiger partial charge in [0.05, 0.1) is 13.5 Å². The van der Waals surface area contributed by atoms with Gasteiger partial charge in [-0.25, -0.2) is 4.39 Å². The molecule has 0 aromatic heterocycles. The SMILES string of the molecule is CC[C@@]1(N(Cc2ccccc2)C(CC(=O)OC)c2ccc(F)cc2)C=CC=CC1. The van der Waals surface area contributed by atoms with Crippen LogP contribution in [0.3, 0.4) is 0 Å². The number of nitrogens with zero attached hydrogens (tertiary/aromatic N) is 1. The first-order chi connectivity index (χ1) is 14.1. The first-order valence-electron chi connectivity index (χ1n) is 10.1. The third kappa shape index (κ3) is 5.01. The van der Waals surface area contributed by atoms with Crippen molar-refractivity contribution in [1.82, 2.24) is 4.90 Å². The number of hydrogen-bond acceptors (Lipinski definition) is 3. The van der Waals surface area contributed by atoms with Gasteiger partial charge in [-0.15, -0.1) is 0 Å². The van der Waals surface area contributed by atoms with E-state index in [9.17, 15) is 9.18 Å². The lowest BCUT2D eigenvalue weighted by Crippen LogP contribution is -2.49. The minimum atomic E-state index is -0.286. The van der Waals surface area contributed by atoms with Gasteiger partial charge in [0.25, 0.3) is 0 Å². The molecule has 1 aliphatic rings. The van der Waals surface area contributed by atoms with Gasteiger partial charge < -0.3 is 4.74 Å². The van der Waals surface area contributed by atoms with E-state index in [1.54, 1.807) is 12.1 Å². The van der Waals surface area contributed by atoms with Gasteiger partial charge >= 0.3 is 5.97 Å². The van der Waals surface area contributed by atoms with Crippen LogP contribution in [0.2, 0.25) is 0 Å². The molecule has 0 bridgehead atoms. The van der Waals surface area contributed by atoms with Crippen molar-refractivity contribution in [3.05, 3.63) is 95.8 Å². The van der Waals surface area contributed by atoms with Gasteiger partial charge in [-0.2, -0.15) is 0 Å². The molecular weight excluding hydrogens is 365 g/mol. The lowest BCUT2D eigenvalue weighted by molar-refractivity contribution is -0.142. The second-order valence-corrected chi connectivity index (χ2v) is 7.41. The Bertz CT molecular complexity index is 860. The Morgan fingerprint density at radius 3 is 2.45 bits per heavy atom. The molecule has 2 aromatic rings. The van der Waals surface area contributed by atoms with Crippen molar-refractivity contribution in [1.29, 1.82) is 0 Å². The zero-order valence-corrected chi connectivity index (χ0v) is 17.1. The summed E-state index contributed by atoms with van der Waals surface area (Å²) in [5, 5.41) is 0. The molecule has 0 heterocycles. The molecule has 1 aliphatic carbocycles. The normalized spacial score (nSPS) is 19.3. The number of hydrogen-bond donors (Lipinski definition) is 0. The fourth-order valence-corrected chi connectivity index (χ4v) is 4.02. The van der Waals surface area contributed by atoms with E-state index in [2.05, 4.69) is 48.3 Å². The Labute approximate surface area is 172 Å². The minimum Gasteiger partial charge on any atom is -0.469 e. The molecule has 1 unspecified atom stereocenters. The monoisotopic (exact) mass is 393 g/mol. The van der Waals surface area contributed by atoms with Crippen LogP contribution >= 0.6 is 0 Å². The first-order valence-corrected chi connectivity index (χ1v) is 10.1. The number of benzene rings is 2. The third-order valence-electron chi connectivity index (χ3n) is 5.72. The molecule has 152 valence electrons. The summed E-state index contributed by atoms with van der Waals surface area (Å²) in [7, 11) is 1.41. The molecule has 3 nitrogen and oxygen atoms in total. The van der Waals surface area contributed by atoms with Gasteiger partial charge in [0.1, 0.15) is 5.82 Å². The number of allylic oxidation sites excluding steroid dienone is 2. The number of esters is 1. The van der Waals surface area contributed by atoms with E-state index in [1.165, 1.54) is 24.8 Å². The highest BCUT2D eigenvalue weighted by atomic mass is 19.1. The molecule has 0 saturated heterocycles. The van der Waals surface area contributed by atoms with E-state index >= 15 is 0 Å². The molecular formula is C25H28FNO2. The third-order valence-corrected chi connectivity index (χ3v) is 5.72. The number of carbonyl (C=O) groups is 1. The molecule has 3 rings (SSSR count). The Morgan fingerprint density at radius 1 is 1.14 bits per heavy atom. The van der Waals surface area contributed by atoms with E-state index in [4.69, 9.17) is 4.74 Å². The Kier molecular flexibility index (Phi) is 6.99. The topological polar surface area (TPSA) is 29.5 Å². The second kappa shape index (κ2) is 9.66. The van der Waals surface area contributed by atoms with Gasteiger partial charge in [0.2, 0.25) is 0 Å². The van der Waals surface area contributed by atoms with Crippen LogP contribution in [0.15, 0.2) is 78.9 Å². The van der Waals surface area contributed by atoms with Gasteiger partial charge in [0, 0.05) is 18.1 Å². The van der Waals surface area contributed by atoms with Crippen LogP contribution in [0.5, 0.6) is 0 Å². The highest BCUT2D eigenvalue weighted by molar-refractivity contribution is 5.70. The molecule has 29 heavy (non-hydrogen) atoms. The number of ether oxygens (including phenoxy) is 1. The van der Waals surface area contributed by atoms with Crippen LogP contribution in [0.25, 0.3) is 0 Å². The van der Waals surface area contributed by atoms with Crippen molar-refractivity contribution in [3.8, 4) is 0 Å². The summed E-state index contributed by atoms with van der Waals surface area (Å²) in [5.41, 5.74) is 1.83. The Hall–Kier alpha value is -2.72. The van der Waals surface area contributed by atoms with Gasteiger partial charge in [0.15, 0.2) is 0 Å². The number of carbonyl (C=O) groups excluding carboxylic acids is 1. The average Bonchev–Trinajstić information content (AvgIpc) is 2.77. The van der Waals surface area contributed by atoms with Crippen molar-refractivity contribution in [3.63, 3.8) is 0 Å². The zero-order valence-electron chi connectivity index (χ0n) is 17.1. The summed E-state index contributed by atoms with van der Waals surface area (Å²) < 4.78 is 18.6. The van der Waals surface area contributed by atoms with E-state index in [0.29, 0.717) is 6.54 Å². The second-order valence-electron chi connectivity index (χ2n) is 7.41. The van der Waals surface area contributed by atoms with E-state index in [1.807, 2.05) is 18.2 Å². The highest BCUT2D eigenvalue weighted by Crippen LogP contribution is 2.39. The molecule has 4 heteroatoms. The molecule has 0 radical (unpaired) electrons. The largest absolute Gasteiger partial charge is 0.469 e. The number of halogens is 1. The summed E-state index contributed by atoms with van der Waals surface area (Å²) in [4.78, 5) is 14.7. The molecule has 0 N–H and O–H groups in total. The quantitative estimate of drug-likeness (QED) is 0.547. The molecule has 0 aliphatic heterocycles. The summed E-state index contributed by atoms with van der Waals surface area (Å²) >= 11 is 0. The van der Waals surface area contributed by atoms with Crippen molar-refractivity contribution in [2.45, 2.75) is 44.3 Å². The standard InChI is InChI=1S/C25H28FNO2/c1-3-25(16-8-5-9-17-25)27(19-20-10-6-4-7-11-20)23(18-24(28)29-2)21-12-14-22(26)15-13-21/h4-16,23H,3,17-19H2,1-2H3/t23?,25-/m1/s1. The Morgan fingerprint density at radius 2 is 1.86 bits per heavy atom. The molecule has 2 atom stereocenters. The Balaban J connectivity index is 2.08. The van der Waals surface area contributed by atoms with Crippen LogP contribution in [-0.2, 0) is 16.1 Å². The number of rotatable bonds is 8. The fourth-order valence-electron chi connectivity index (χ4n) is 4.02. The van der Waals surface area contributed by atoms with Crippen LogP contribution in [0.4, 0.5) is 4.39 Å². The maximum Gasteiger partial charge on any atom is 0.307 e. The van der Waals surface area contributed by atoms with Crippen molar-refractivity contribution in [2.75, 3.05) is 7.11 Å². The van der Waals surface area contributed by atoms with E-state index in [0.717, 1.165) is 18.4 Å². The van der Waals surface area contributed by atoms with Crippen molar-refractivity contribution in [2.24, 2.45) is 0 Å². The van der Waals surface area contributed by atoms with Gasteiger partial charge in [-0.3, -0.25) is 9.69 Å². The molecule has 0 fully saturated rings. The fraction of sp³-hybridized carbons (Fsp3) is 0.320. The van der Waals surface area contributed by atoms with Crippen molar-refractivity contribution < 1.29 is 13.9 Å². The van der Waals surface area contributed by atoms with Gasteiger partial charge in [-0.1, -0.05) is 73.7 Å². The van der Waals surface area contributed by atoms with Crippen LogP contribution < -0.4 is 0 Å². The highest BCUT2D eigenvalue weighted by Gasteiger charge is 2.38. The lowest BCUT2D eigenvalue weighted by Gasteiger charge is -2.47. The van der Waals surface area contributed by atoms with Crippen LogP contribution in [0.1, 0.15) is 43.4 Å². The molecule has 0 spiro atoms. The molecule has 0 saturated carbocycles. The predicted molar refractivity (Wildman–Crippen MR) is 114 cm³/mol. The predicted octanol–water partition coefficient (Wildman–Crippen LogP) is 5.60. The summed E-state index contributed by atoms with van der Waals surface area (Å²) in [6, 6.07) is 16.4. The van der Waals surface area contributed by atoms with E-state index in [-0.39, 0.29) is 29.8 Å². The van der Waals surface area contributed by atoms with E-state index < -0.39 is 0 Å². The minimum absolute atomic E-state index is 0.203. The molecule has 0 amide bonds. The lowest BCUT2D eigenvalue weighted by atomic mass is 9.83.